The van der Waals surface area contributed by atoms with Crippen molar-refractivity contribution >= 4 is 17.4 Å². The molecule has 60 valence electrons. The number of nitroso groups, excluding NO2 is 1. The number of hydrogen-bond donors (Lipinski definition) is 0. The lowest BCUT2D eigenvalue weighted by molar-refractivity contribution is 0.737. The Labute approximate surface area is 69.2 Å². The van der Waals surface area contributed by atoms with Crippen LogP contribution in [0.1, 0.15) is 5.82 Å². The van der Waals surface area contributed by atoms with Gasteiger partial charge in [0.25, 0.3) is 0 Å². The second kappa shape index (κ2) is 3.48. The van der Waals surface area contributed by atoms with Crippen LogP contribution in [0.2, 0.25) is 0 Å². The van der Waals surface area contributed by atoms with Crippen molar-refractivity contribution in [3.8, 4) is 0 Å². The van der Waals surface area contributed by atoms with Crippen LogP contribution in [0, 0.1) is 11.8 Å². The molecule has 0 aromatic carbocycles. The molecule has 0 saturated heterocycles. The van der Waals surface area contributed by atoms with E-state index in [1.807, 2.05) is 0 Å². The standard InChI is InChI=1S/C6H8ClN3O/c1-5-8-4-6(9-11)10(5)3-2-7/h4H,2-3H2,1H3. The summed E-state index contributed by atoms with van der Waals surface area (Å²) in [6.45, 7) is 2.38. The summed E-state index contributed by atoms with van der Waals surface area (Å²) >= 11 is 5.50. The summed E-state index contributed by atoms with van der Waals surface area (Å²) in [7, 11) is 0. The Morgan fingerprint density at radius 1 is 1.82 bits per heavy atom. The highest BCUT2D eigenvalue weighted by Gasteiger charge is 2.04. The minimum atomic E-state index is 0.336. The normalized spacial score (nSPS) is 10.0. The Morgan fingerprint density at radius 3 is 3.09 bits per heavy atom. The number of alkyl halides is 1. The summed E-state index contributed by atoms with van der Waals surface area (Å²) < 4.78 is 1.68. The number of aromatic nitrogens is 2. The fourth-order valence-corrected chi connectivity index (χ4v) is 1.06. The first-order valence-electron chi connectivity index (χ1n) is 3.21. The van der Waals surface area contributed by atoms with Gasteiger partial charge in [0.2, 0.25) is 0 Å². The zero-order chi connectivity index (χ0) is 8.27. The lowest BCUT2D eigenvalue weighted by Crippen LogP contribution is -2.00. The van der Waals surface area contributed by atoms with Gasteiger partial charge in [0.15, 0.2) is 5.82 Å². The summed E-state index contributed by atoms with van der Waals surface area (Å²) in [5.41, 5.74) is 0. The monoisotopic (exact) mass is 173 g/mol. The van der Waals surface area contributed by atoms with Gasteiger partial charge in [-0.3, -0.25) is 0 Å². The van der Waals surface area contributed by atoms with Crippen LogP contribution in [0.3, 0.4) is 0 Å². The Balaban J connectivity index is 2.97. The molecule has 0 unspecified atom stereocenters. The highest BCUT2D eigenvalue weighted by molar-refractivity contribution is 6.17. The van der Waals surface area contributed by atoms with E-state index in [0.717, 1.165) is 5.82 Å². The van der Waals surface area contributed by atoms with Gasteiger partial charge in [0.1, 0.15) is 5.82 Å². The van der Waals surface area contributed by atoms with E-state index in [2.05, 4.69) is 10.2 Å². The molecule has 0 aliphatic heterocycles. The SMILES string of the molecule is Cc1ncc(N=O)n1CCCl. The van der Waals surface area contributed by atoms with E-state index in [1.165, 1.54) is 6.20 Å². The van der Waals surface area contributed by atoms with Gasteiger partial charge < -0.3 is 4.57 Å². The average Bonchev–Trinajstić information content (AvgIpc) is 2.34. The van der Waals surface area contributed by atoms with Crippen molar-refractivity contribution in [2.45, 2.75) is 13.5 Å². The first kappa shape index (κ1) is 8.20. The van der Waals surface area contributed by atoms with Crippen molar-refractivity contribution in [1.82, 2.24) is 9.55 Å². The van der Waals surface area contributed by atoms with E-state index < -0.39 is 0 Å². The maximum Gasteiger partial charge on any atom is 0.197 e. The lowest BCUT2D eigenvalue weighted by Gasteiger charge is -2.00. The Kier molecular flexibility index (Phi) is 2.59. The zero-order valence-corrected chi connectivity index (χ0v) is 6.88. The number of rotatable bonds is 3. The third-order valence-electron chi connectivity index (χ3n) is 1.44. The molecule has 0 bridgehead atoms. The predicted molar refractivity (Wildman–Crippen MR) is 43.1 cm³/mol. The van der Waals surface area contributed by atoms with E-state index in [4.69, 9.17) is 11.6 Å². The molecular weight excluding hydrogens is 166 g/mol. The maximum atomic E-state index is 10.2. The van der Waals surface area contributed by atoms with E-state index in [0.29, 0.717) is 18.2 Å². The van der Waals surface area contributed by atoms with Crippen LogP contribution in [0.5, 0.6) is 0 Å². The third kappa shape index (κ3) is 1.57. The van der Waals surface area contributed by atoms with Crippen molar-refractivity contribution in [3.05, 3.63) is 16.9 Å². The minimum absolute atomic E-state index is 0.336. The summed E-state index contributed by atoms with van der Waals surface area (Å²) in [5, 5.41) is 2.80. The molecule has 1 rings (SSSR count). The summed E-state index contributed by atoms with van der Waals surface area (Å²) in [5.74, 6) is 1.56. The molecule has 0 aliphatic rings. The molecule has 1 heterocycles. The number of halogens is 1. The molecule has 0 spiro atoms. The van der Waals surface area contributed by atoms with Crippen LogP contribution in [-0.4, -0.2) is 15.4 Å². The van der Waals surface area contributed by atoms with Gasteiger partial charge in [0.05, 0.1) is 6.20 Å². The fourth-order valence-electron chi connectivity index (χ4n) is 0.890. The van der Waals surface area contributed by atoms with Gasteiger partial charge in [0, 0.05) is 12.4 Å². The molecule has 0 amide bonds. The van der Waals surface area contributed by atoms with Gasteiger partial charge in [-0.25, -0.2) is 4.98 Å². The summed E-state index contributed by atoms with van der Waals surface area (Å²) in [6.07, 6.45) is 1.44. The molecular formula is C6H8ClN3O. The van der Waals surface area contributed by atoms with Crippen molar-refractivity contribution in [1.29, 1.82) is 0 Å². The van der Waals surface area contributed by atoms with Crippen molar-refractivity contribution < 1.29 is 0 Å². The Morgan fingerprint density at radius 2 is 2.55 bits per heavy atom. The van der Waals surface area contributed by atoms with Gasteiger partial charge in [-0.1, -0.05) is 0 Å². The first-order chi connectivity index (χ1) is 5.29. The quantitative estimate of drug-likeness (QED) is 0.517. The van der Waals surface area contributed by atoms with E-state index in [-0.39, 0.29) is 0 Å². The Bertz CT molecular complexity index is 258. The largest absolute Gasteiger partial charge is 0.309 e. The van der Waals surface area contributed by atoms with Crippen LogP contribution < -0.4 is 0 Å². The smallest absolute Gasteiger partial charge is 0.197 e. The van der Waals surface area contributed by atoms with Crippen LogP contribution >= 0.6 is 11.6 Å². The van der Waals surface area contributed by atoms with E-state index in [9.17, 15) is 4.91 Å². The van der Waals surface area contributed by atoms with E-state index in [1.54, 1.807) is 11.5 Å². The van der Waals surface area contributed by atoms with Gasteiger partial charge in [-0.2, -0.15) is 0 Å². The van der Waals surface area contributed by atoms with Crippen LogP contribution in [-0.2, 0) is 6.54 Å². The van der Waals surface area contributed by atoms with Crippen molar-refractivity contribution in [3.63, 3.8) is 0 Å². The van der Waals surface area contributed by atoms with Crippen LogP contribution in [0.4, 0.5) is 5.82 Å². The number of imidazole rings is 1. The molecule has 0 radical (unpaired) electrons. The molecule has 0 fully saturated rings. The van der Waals surface area contributed by atoms with Gasteiger partial charge in [-0.05, 0) is 12.1 Å². The molecule has 1 aromatic rings. The molecule has 11 heavy (non-hydrogen) atoms. The minimum Gasteiger partial charge on any atom is -0.309 e. The topological polar surface area (TPSA) is 47.2 Å². The van der Waals surface area contributed by atoms with Crippen LogP contribution in [0.25, 0.3) is 0 Å². The highest BCUT2D eigenvalue weighted by Crippen LogP contribution is 2.13. The molecule has 4 nitrogen and oxygen atoms in total. The highest BCUT2D eigenvalue weighted by atomic mass is 35.5. The number of nitrogens with zero attached hydrogens (tertiary/aromatic N) is 3. The summed E-state index contributed by atoms with van der Waals surface area (Å²) in [4.78, 5) is 14.1. The molecule has 5 heteroatoms. The third-order valence-corrected chi connectivity index (χ3v) is 1.60. The average molecular weight is 174 g/mol. The molecule has 0 N–H and O–H groups in total. The number of aryl methyl sites for hydroxylation is 1. The lowest BCUT2D eigenvalue weighted by atomic mass is 10.6. The second-order valence-corrected chi connectivity index (χ2v) is 2.47. The maximum absolute atomic E-state index is 10.2. The first-order valence-corrected chi connectivity index (χ1v) is 3.74. The molecule has 0 atom stereocenters. The summed E-state index contributed by atoms with van der Waals surface area (Å²) in [6, 6.07) is 0. The van der Waals surface area contributed by atoms with Crippen LogP contribution in [0.15, 0.2) is 11.4 Å². The number of hydrogen-bond acceptors (Lipinski definition) is 3. The van der Waals surface area contributed by atoms with Crippen molar-refractivity contribution in [2.24, 2.45) is 5.18 Å². The van der Waals surface area contributed by atoms with E-state index >= 15 is 0 Å². The molecule has 1 aromatic heterocycles. The second-order valence-electron chi connectivity index (χ2n) is 2.10. The zero-order valence-electron chi connectivity index (χ0n) is 6.12. The van der Waals surface area contributed by atoms with Gasteiger partial charge in [-0.15, -0.1) is 16.5 Å². The van der Waals surface area contributed by atoms with Gasteiger partial charge >= 0.3 is 0 Å². The fraction of sp³-hybridized carbons (Fsp3) is 0.500. The predicted octanol–water partition coefficient (Wildman–Crippen LogP) is 1.83. The van der Waals surface area contributed by atoms with Crippen molar-refractivity contribution in [2.75, 3.05) is 5.88 Å². The molecule has 0 aliphatic carbocycles. The Hall–Kier alpha value is -0.900. The molecule has 0 saturated carbocycles.